The second kappa shape index (κ2) is 5.87. The molecule has 0 atom stereocenters. The fourth-order valence-electron chi connectivity index (χ4n) is 3.32. The lowest BCUT2D eigenvalue weighted by Gasteiger charge is -2.16. The minimum absolute atomic E-state index is 0.378. The maximum atomic E-state index is 12.4. The van der Waals surface area contributed by atoms with E-state index >= 15 is 0 Å². The lowest BCUT2D eigenvalue weighted by Crippen LogP contribution is -2.06. The molecule has 24 heavy (non-hydrogen) atoms. The summed E-state index contributed by atoms with van der Waals surface area (Å²) in [6.45, 7) is 0. The van der Waals surface area contributed by atoms with Gasteiger partial charge in [0.25, 0.3) is 0 Å². The van der Waals surface area contributed by atoms with Crippen LogP contribution in [0.2, 0.25) is 0 Å². The minimum Gasteiger partial charge on any atom is -0.422 e. The van der Waals surface area contributed by atoms with E-state index < -0.39 is 0 Å². The number of hydrogen-bond acceptors (Lipinski definition) is 3. The van der Waals surface area contributed by atoms with Crippen LogP contribution in [0.1, 0.15) is 24.0 Å². The molecule has 118 valence electrons. The molecule has 0 saturated heterocycles. The van der Waals surface area contributed by atoms with Crippen LogP contribution in [0.15, 0.2) is 56.8 Å². The fraction of sp³-hybridized carbons (Fsp3) is 0.211. The maximum absolute atomic E-state index is 12.4. The van der Waals surface area contributed by atoms with E-state index in [-0.39, 0.29) is 5.63 Å². The third-order valence-corrected chi connectivity index (χ3v) is 4.54. The molecule has 1 aliphatic rings. The number of benzene rings is 2. The van der Waals surface area contributed by atoms with Crippen LogP contribution in [0, 0.1) is 0 Å². The molecule has 5 nitrogen and oxygen atoms in total. The first-order chi connectivity index (χ1) is 11.7. The number of rotatable bonds is 2. The van der Waals surface area contributed by atoms with Gasteiger partial charge in [0.05, 0.1) is 5.56 Å². The SMILES string of the molecule is [N-]=[N+]=Nc1ccc2cc(-c3ccc4c(c3)CCCC4)c(=O)oc2c1. The van der Waals surface area contributed by atoms with Crippen LogP contribution in [0.25, 0.3) is 32.5 Å². The third-order valence-electron chi connectivity index (χ3n) is 4.54. The molecule has 1 heterocycles. The predicted octanol–water partition coefficient (Wildman–Crippen LogP) is 5.28. The Kier molecular flexibility index (Phi) is 3.56. The van der Waals surface area contributed by atoms with Gasteiger partial charge in [-0.2, -0.15) is 0 Å². The minimum atomic E-state index is -0.378. The Labute approximate surface area is 138 Å². The van der Waals surface area contributed by atoms with Crippen LogP contribution in [0.5, 0.6) is 0 Å². The molecule has 3 aromatic rings. The van der Waals surface area contributed by atoms with E-state index in [1.165, 1.54) is 24.0 Å². The summed E-state index contributed by atoms with van der Waals surface area (Å²) in [5.74, 6) is 0. The van der Waals surface area contributed by atoms with Crippen LogP contribution in [0.4, 0.5) is 5.69 Å². The van der Waals surface area contributed by atoms with Crippen molar-refractivity contribution in [2.75, 3.05) is 0 Å². The fourth-order valence-corrected chi connectivity index (χ4v) is 3.32. The highest BCUT2D eigenvalue weighted by Gasteiger charge is 2.13. The summed E-state index contributed by atoms with van der Waals surface area (Å²) in [4.78, 5) is 15.1. The molecule has 0 radical (unpaired) electrons. The van der Waals surface area contributed by atoms with E-state index in [2.05, 4.69) is 22.2 Å². The molecule has 0 bridgehead atoms. The van der Waals surface area contributed by atoms with Gasteiger partial charge in [-0.3, -0.25) is 0 Å². The third kappa shape index (κ3) is 2.55. The van der Waals surface area contributed by atoms with E-state index in [1.807, 2.05) is 12.1 Å². The standard InChI is InChI=1S/C19H15N3O2/c20-22-21-16-8-7-15-10-17(19(23)24-18(15)11-16)14-6-5-12-3-1-2-4-13(12)9-14/h5-11H,1-4H2. The molecule has 0 aliphatic heterocycles. The van der Waals surface area contributed by atoms with Crippen molar-refractivity contribution in [1.29, 1.82) is 0 Å². The van der Waals surface area contributed by atoms with Crippen molar-refractivity contribution in [3.8, 4) is 11.1 Å². The topological polar surface area (TPSA) is 79.0 Å². The first kappa shape index (κ1) is 14.5. The van der Waals surface area contributed by atoms with E-state index in [9.17, 15) is 4.79 Å². The zero-order chi connectivity index (χ0) is 16.5. The predicted molar refractivity (Wildman–Crippen MR) is 93.4 cm³/mol. The molecule has 0 N–H and O–H groups in total. The highest BCUT2D eigenvalue weighted by atomic mass is 16.4. The smallest absolute Gasteiger partial charge is 0.344 e. The quantitative estimate of drug-likeness (QED) is 0.279. The average molecular weight is 317 g/mol. The van der Waals surface area contributed by atoms with Gasteiger partial charge >= 0.3 is 5.63 Å². The summed E-state index contributed by atoms with van der Waals surface area (Å²) in [5.41, 5.74) is 13.1. The van der Waals surface area contributed by atoms with E-state index in [4.69, 9.17) is 9.95 Å². The van der Waals surface area contributed by atoms with Gasteiger partial charge in [0.15, 0.2) is 0 Å². The van der Waals surface area contributed by atoms with Gasteiger partial charge in [-0.15, -0.1) is 0 Å². The number of nitrogens with zero attached hydrogens (tertiary/aromatic N) is 3. The average Bonchev–Trinajstić information content (AvgIpc) is 2.61. The molecule has 0 amide bonds. The Morgan fingerprint density at radius 3 is 2.67 bits per heavy atom. The normalized spacial score (nSPS) is 13.3. The Morgan fingerprint density at radius 1 is 1.00 bits per heavy atom. The van der Waals surface area contributed by atoms with Crippen LogP contribution >= 0.6 is 0 Å². The van der Waals surface area contributed by atoms with E-state index in [0.29, 0.717) is 16.8 Å². The molecule has 4 rings (SSSR count). The molecule has 0 saturated carbocycles. The van der Waals surface area contributed by atoms with E-state index in [0.717, 1.165) is 23.8 Å². The Morgan fingerprint density at radius 2 is 1.83 bits per heavy atom. The molecule has 1 aliphatic carbocycles. The molecule has 1 aromatic heterocycles. The molecule has 2 aromatic carbocycles. The zero-order valence-electron chi connectivity index (χ0n) is 13.0. The largest absolute Gasteiger partial charge is 0.422 e. The van der Waals surface area contributed by atoms with Gasteiger partial charge < -0.3 is 4.42 Å². The molecule has 0 unspecified atom stereocenters. The Balaban J connectivity index is 1.85. The summed E-state index contributed by atoms with van der Waals surface area (Å²) in [6, 6.07) is 13.2. The Bertz CT molecular complexity index is 1050. The number of azide groups is 1. The van der Waals surface area contributed by atoms with Gasteiger partial charge in [0, 0.05) is 16.0 Å². The van der Waals surface area contributed by atoms with Crippen molar-refractivity contribution in [3.63, 3.8) is 0 Å². The number of fused-ring (bicyclic) bond motifs is 2. The molecular weight excluding hydrogens is 302 g/mol. The summed E-state index contributed by atoms with van der Waals surface area (Å²) < 4.78 is 5.44. The zero-order valence-corrected chi connectivity index (χ0v) is 13.0. The first-order valence-corrected chi connectivity index (χ1v) is 8.00. The lowest BCUT2D eigenvalue weighted by molar-refractivity contribution is 0.563. The highest BCUT2D eigenvalue weighted by Crippen LogP contribution is 2.28. The first-order valence-electron chi connectivity index (χ1n) is 8.00. The molecule has 0 spiro atoms. The molecule has 0 fully saturated rings. The second-order valence-electron chi connectivity index (χ2n) is 6.05. The monoisotopic (exact) mass is 317 g/mol. The van der Waals surface area contributed by atoms with Crippen molar-refractivity contribution in [2.24, 2.45) is 5.11 Å². The number of aryl methyl sites for hydroxylation is 2. The maximum Gasteiger partial charge on any atom is 0.344 e. The van der Waals surface area contributed by atoms with Crippen molar-refractivity contribution >= 4 is 16.7 Å². The molecule has 5 heteroatoms. The highest BCUT2D eigenvalue weighted by molar-refractivity contribution is 5.84. The van der Waals surface area contributed by atoms with Crippen LogP contribution in [0.3, 0.4) is 0 Å². The lowest BCUT2D eigenvalue weighted by atomic mass is 9.89. The van der Waals surface area contributed by atoms with Gasteiger partial charge in [0.1, 0.15) is 5.58 Å². The van der Waals surface area contributed by atoms with Crippen LogP contribution in [-0.4, -0.2) is 0 Å². The van der Waals surface area contributed by atoms with Gasteiger partial charge in [0.2, 0.25) is 0 Å². The molecular formula is C19H15N3O2. The van der Waals surface area contributed by atoms with Crippen molar-refractivity contribution in [2.45, 2.75) is 25.7 Å². The summed E-state index contributed by atoms with van der Waals surface area (Å²) in [6.07, 6.45) is 4.62. The summed E-state index contributed by atoms with van der Waals surface area (Å²) >= 11 is 0. The van der Waals surface area contributed by atoms with Crippen molar-refractivity contribution in [1.82, 2.24) is 0 Å². The van der Waals surface area contributed by atoms with Crippen molar-refractivity contribution < 1.29 is 4.42 Å². The van der Waals surface area contributed by atoms with Gasteiger partial charge in [-0.05, 0) is 60.0 Å². The summed E-state index contributed by atoms with van der Waals surface area (Å²) in [7, 11) is 0. The van der Waals surface area contributed by atoms with Gasteiger partial charge in [-0.1, -0.05) is 35.4 Å². The van der Waals surface area contributed by atoms with Crippen molar-refractivity contribution in [3.05, 3.63) is 74.5 Å². The second-order valence-corrected chi connectivity index (χ2v) is 6.05. The number of hydrogen-bond donors (Lipinski definition) is 0. The van der Waals surface area contributed by atoms with Crippen LogP contribution < -0.4 is 5.63 Å². The van der Waals surface area contributed by atoms with Gasteiger partial charge in [-0.25, -0.2) is 4.79 Å². The van der Waals surface area contributed by atoms with Crippen LogP contribution in [-0.2, 0) is 12.8 Å². The van der Waals surface area contributed by atoms with E-state index in [1.54, 1.807) is 18.2 Å². The summed E-state index contributed by atoms with van der Waals surface area (Å²) in [5, 5.41) is 4.34. The Hall–Kier alpha value is -3.04.